The first-order valence-electron chi connectivity index (χ1n) is 6.78. The second-order valence-corrected chi connectivity index (χ2v) is 4.11. The van der Waals surface area contributed by atoms with E-state index in [1.807, 2.05) is 0 Å². The zero-order chi connectivity index (χ0) is 18.1. The number of aliphatic carboxylic acids is 2. The largest absolute Gasteiger partial charge is 0.481 e. The van der Waals surface area contributed by atoms with Gasteiger partial charge in [-0.15, -0.1) is 0 Å². The summed E-state index contributed by atoms with van der Waals surface area (Å²) in [5.74, 6) is -2.62. The maximum Gasteiger partial charge on any atom is 0.335 e. The van der Waals surface area contributed by atoms with E-state index >= 15 is 0 Å². The van der Waals surface area contributed by atoms with Crippen LogP contribution in [0, 0.1) is 0 Å². The molecule has 0 radical (unpaired) electrons. The normalized spacial score (nSPS) is 8.78. The van der Waals surface area contributed by atoms with Crippen LogP contribution in [0.3, 0.4) is 0 Å². The Hall–Kier alpha value is -2.45. The van der Waals surface area contributed by atoms with Crippen LogP contribution >= 0.6 is 0 Å². The van der Waals surface area contributed by atoms with Crippen molar-refractivity contribution in [2.24, 2.45) is 0 Å². The van der Waals surface area contributed by atoms with Crippen LogP contribution in [0.1, 0.15) is 36.0 Å². The van der Waals surface area contributed by atoms with Crippen molar-refractivity contribution < 1.29 is 39.9 Å². The van der Waals surface area contributed by atoms with Crippen LogP contribution < -0.4 is 0 Å². The van der Waals surface area contributed by atoms with Gasteiger partial charge in [0.1, 0.15) is 0 Å². The van der Waals surface area contributed by atoms with Crippen LogP contribution in [-0.4, -0.2) is 56.7 Å². The van der Waals surface area contributed by atoms with Gasteiger partial charge in [0.05, 0.1) is 18.8 Å². The van der Waals surface area contributed by atoms with Gasteiger partial charge < -0.3 is 25.5 Å². The fraction of sp³-hybridized carbons (Fsp3) is 0.400. The zero-order valence-corrected chi connectivity index (χ0v) is 12.6. The molecular weight excluding hydrogens is 308 g/mol. The maximum absolute atomic E-state index is 10.2. The molecule has 1 aromatic rings. The molecule has 0 spiro atoms. The average molecular weight is 330 g/mol. The van der Waals surface area contributed by atoms with E-state index in [0.717, 1.165) is 0 Å². The second-order valence-electron chi connectivity index (χ2n) is 4.11. The van der Waals surface area contributed by atoms with Crippen molar-refractivity contribution in [3.63, 3.8) is 0 Å². The summed E-state index contributed by atoms with van der Waals surface area (Å²) in [7, 11) is 0. The van der Waals surface area contributed by atoms with Gasteiger partial charge in [0.2, 0.25) is 0 Å². The highest BCUT2D eigenvalue weighted by atomic mass is 16.4. The summed E-state index contributed by atoms with van der Waals surface area (Å²) in [4.78, 5) is 30.0. The molecule has 0 unspecified atom stereocenters. The van der Waals surface area contributed by atoms with Gasteiger partial charge in [-0.25, -0.2) is 4.79 Å². The Bertz CT molecular complexity index is 426. The third-order valence-corrected chi connectivity index (χ3v) is 2.15. The van der Waals surface area contributed by atoms with Crippen LogP contribution in [0.2, 0.25) is 0 Å². The summed E-state index contributed by atoms with van der Waals surface area (Å²) in [6, 6.07) is 8.30. The lowest BCUT2D eigenvalue weighted by Gasteiger charge is -1.92. The maximum atomic E-state index is 10.2. The summed E-state index contributed by atoms with van der Waals surface area (Å²) in [5, 5.41) is 39.9. The molecule has 5 N–H and O–H groups in total. The van der Waals surface area contributed by atoms with E-state index in [9.17, 15) is 14.4 Å². The molecule has 0 aliphatic heterocycles. The third kappa shape index (κ3) is 19.6. The van der Waals surface area contributed by atoms with Crippen molar-refractivity contribution >= 4 is 17.9 Å². The molecule has 23 heavy (non-hydrogen) atoms. The molecule has 1 aromatic carbocycles. The fourth-order valence-corrected chi connectivity index (χ4v) is 1.13. The Morgan fingerprint density at radius 2 is 1.13 bits per heavy atom. The van der Waals surface area contributed by atoms with Crippen molar-refractivity contribution in [3.05, 3.63) is 35.9 Å². The molecule has 0 fully saturated rings. The highest BCUT2D eigenvalue weighted by Gasteiger charge is 1.99. The molecule has 0 atom stereocenters. The minimum absolute atomic E-state index is 0.0628. The Morgan fingerprint density at radius 1 is 0.739 bits per heavy atom. The van der Waals surface area contributed by atoms with E-state index in [0.29, 0.717) is 18.4 Å². The summed E-state index contributed by atoms with van der Waals surface area (Å²) in [6.45, 7) is -0.250. The molecule has 130 valence electrons. The minimum Gasteiger partial charge on any atom is -0.481 e. The zero-order valence-electron chi connectivity index (χ0n) is 12.6. The second kappa shape index (κ2) is 15.9. The molecule has 0 bridgehead atoms. The SMILES string of the molecule is O=C(O)CCCCC(=O)O.O=C(O)c1ccccc1.OCCO. The van der Waals surface area contributed by atoms with Crippen LogP contribution in [-0.2, 0) is 9.59 Å². The van der Waals surface area contributed by atoms with Crippen LogP contribution in [0.15, 0.2) is 30.3 Å². The van der Waals surface area contributed by atoms with Crippen molar-refractivity contribution in [3.8, 4) is 0 Å². The number of aliphatic hydroxyl groups excluding tert-OH is 2. The molecule has 1 rings (SSSR count). The lowest BCUT2D eigenvalue weighted by atomic mass is 10.2. The van der Waals surface area contributed by atoms with E-state index in [1.54, 1.807) is 30.3 Å². The number of carboxylic acids is 3. The van der Waals surface area contributed by atoms with Gasteiger partial charge in [-0.05, 0) is 25.0 Å². The van der Waals surface area contributed by atoms with E-state index < -0.39 is 17.9 Å². The summed E-state index contributed by atoms with van der Waals surface area (Å²) < 4.78 is 0. The third-order valence-electron chi connectivity index (χ3n) is 2.15. The van der Waals surface area contributed by atoms with Gasteiger partial charge in [0, 0.05) is 12.8 Å². The van der Waals surface area contributed by atoms with Crippen molar-refractivity contribution in [1.29, 1.82) is 0 Å². The van der Waals surface area contributed by atoms with Crippen LogP contribution in [0.5, 0.6) is 0 Å². The number of unbranched alkanes of at least 4 members (excludes halogenated alkanes) is 1. The van der Waals surface area contributed by atoms with Gasteiger partial charge >= 0.3 is 17.9 Å². The monoisotopic (exact) mass is 330 g/mol. The molecule has 8 nitrogen and oxygen atoms in total. The molecule has 8 heteroatoms. The number of rotatable bonds is 7. The molecular formula is C15H22O8. The predicted octanol–water partition coefficient (Wildman–Crippen LogP) is 1.07. The van der Waals surface area contributed by atoms with E-state index in [-0.39, 0.29) is 26.1 Å². The quantitative estimate of drug-likeness (QED) is 0.465. The summed E-state index contributed by atoms with van der Waals surface area (Å²) in [5.41, 5.74) is 0.331. The lowest BCUT2D eigenvalue weighted by molar-refractivity contribution is -0.139. The number of aliphatic hydroxyl groups is 2. The van der Waals surface area contributed by atoms with Gasteiger partial charge in [0.15, 0.2) is 0 Å². The number of carbonyl (C=O) groups is 3. The van der Waals surface area contributed by atoms with E-state index in [4.69, 9.17) is 25.5 Å². The van der Waals surface area contributed by atoms with Gasteiger partial charge in [-0.2, -0.15) is 0 Å². The highest BCUT2D eigenvalue weighted by Crippen LogP contribution is 1.98. The first kappa shape index (κ1) is 22.8. The molecule has 0 amide bonds. The topological polar surface area (TPSA) is 152 Å². The number of benzene rings is 1. The van der Waals surface area contributed by atoms with Crippen molar-refractivity contribution in [2.45, 2.75) is 25.7 Å². The number of hydrogen-bond donors (Lipinski definition) is 5. The summed E-state index contributed by atoms with van der Waals surface area (Å²) in [6.07, 6.45) is 1.02. The molecule has 0 aliphatic carbocycles. The Morgan fingerprint density at radius 3 is 1.35 bits per heavy atom. The number of aromatic carboxylic acids is 1. The molecule has 0 aromatic heterocycles. The standard InChI is InChI=1S/C7H6O2.C6H10O4.C2H6O2/c8-7(9)6-4-2-1-3-5-6;7-5(8)3-1-2-4-6(9)10;3-1-2-4/h1-5H,(H,8,9);1-4H2,(H,7,8)(H,9,10);3-4H,1-2H2. The molecule has 0 aliphatic rings. The Kier molecular flexibility index (Phi) is 15.8. The van der Waals surface area contributed by atoms with Crippen molar-refractivity contribution in [1.82, 2.24) is 0 Å². The van der Waals surface area contributed by atoms with E-state index in [2.05, 4.69) is 0 Å². The number of hydrogen-bond acceptors (Lipinski definition) is 5. The molecule has 0 saturated carbocycles. The Labute approximate surface area is 133 Å². The lowest BCUT2D eigenvalue weighted by Crippen LogP contribution is -1.97. The smallest absolute Gasteiger partial charge is 0.335 e. The number of carboxylic acid groups (broad SMARTS) is 3. The highest BCUT2D eigenvalue weighted by molar-refractivity contribution is 5.87. The molecule has 0 saturated heterocycles. The molecule has 0 heterocycles. The first-order chi connectivity index (χ1) is 10.8. The van der Waals surface area contributed by atoms with Crippen LogP contribution in [0.25, 0.3) is 0 Å². The average Bonchev–Trinajstić information content (AvgIpc) is 2.53. The first-order valence-corrected chi connectivity index (χ1v) is 6.78. The van der Waals surface area contributed by atoms with E-state index in [1.165, 1.54) is 0 Å². The van der Waals surface area contributed by atoms with Gasteiger partial charge in [-0.1, -0.05) is 18.2 Å². The van der Waals surface area contributed by atoms with Crippen molar-refractivity contribution in [2.75, 3.05) is 13.2 Å². The summed E-state index contributed by atoms with van der Waals surface area (Å²) >= 11 is 0. The minimum atomic E-state index is -0.879. The fourth-order valence-electron chi connectivity index (χ4n) is 1.13. The van der Waals surface area contributed by atoms with Gasteiger partial charge in [-0.3, -0.25) is 9.59 Å². The van der Waals surface area contributed by atoms with Gasteiger partial charge in [0.25, 0.3) is 0 Å². The predicted molar refractivity (Wildman–Crippen MR) is 81.3 cm³/mol. The Balaban J connectivity index is 0. The van der Waals surface area contributed by atoms with Crippen LogP contribution in [0.4, 0.5) is 0 Å².